The van der Waals surface area contributed by atoms with E-state index in [-0.39, 0.29) is 18.9 Å². The minimum absolute atomic E-state index is 0.191. The molecule has 1 aromatic carbocycles. The van der Waals surface area contributed by atoms with Crippen molar-refractivity contribution in [3.05, 3.63) is 47.7 Å². The molecular formula is C14H14ClN3O2. The highest BCUT2D eigenvalue weighted by atomic mass is 35.5. The van der Waals surface area contributed by atoms with E-state index in [4.69, 9.17) is 22.1 Å². The third-order valence-electron chi connectivity index (χ3n) is 2.50. The third-order valence-corrected chi connectivity index (χ3v) is 2.83. The number of nitrogens with one attached hydrogen (secondary N) is 1. The second-order valence-corrected chi connectivity index (χ2v) is 4.48. The normalized spacial score (nSPS) is 10.1. The average molecular weight is 292 g/mol. The molecule has 0 aliphatic carbocycles. The van der Waals surface area contributed by atoms with Gasteiger partial charge in [-0.2, -0.15) is 0 Å². The van der Waals surface area contributed by atoms with Gasteiger partial charge in [-0.25, -0.2) is 0 Å². The number of halogens is 1. The van der Waals surface area contributed by atoms with Crippen molar-refractivity contribution in [2.45, 2.75) is 6.42 Å². The first-order valence-electron chi connectivity index (χ1n) is 6.03. The monoisotopic (exact) mass is 291 g/mol. The number of anilines is 2. The molecule has 1 heterocycles. The zero-order chi connectivity index (χ0) is 14.4. The van der Waals surface area contributed by atoms with Gasteiger partial charge in [0.1, 0.15) is 5.75 Å². The molecule has 0 saturated heterocycles. The van der Waals surface area contributed by atoms with Crippen LogP contribution in [0.4, 0.5) is 11.4 Å². The van der Waals surface area contributed by atoms with E-state index < -0.39 is 0 Å². The molecule has 104 valence electrons. The Bertz CT molecular complexity index is 604. The summed E-state index contributed by atoms with van der Waals surface area (Å²) in [6.07, 6.45) is 3.26. The SMILES string of the molecule is Nc1cccc(OCCC(=O)Nc2cnccc2Cl)c1. The van der Waals surface area contributed by atoms with E-state index in [2.05, 4.69) is 10.3 Å². The number of hydrogen-bond donors (Lipinski definition) is 2. The molecule has 20 heavy (non-hydrogen) atoms. The van der Waals surface area contributed by atoms with Crippen molar-refractivity contribution >= 4 is 28.9 Å². The second-order valence-electron chi connectivity index (χ2n) is 4.07. The van der Waals surface area contributed by atoms with Crippen LogP contribution in [0.25, 0.3) is 0 Å². The van der Waals surface area contributed by atoms with E-state index in [9.17, 15) is 4.79 Å². The maximum Gasteiger partial charge on any atom is 0.227 e. The van der Waals surface area contributed by atoms with E-state index in [0.717, 1.165) is 0 Å². The van der Waals surface area contributed by atoms with Crippen molar-refractivity contribution in [3.63, 3.8) is 0 Å². The summed E-state index contributed by atoms with van der Waals surface area (Å²) in [4.78, 5) is 15.6. The molecule has 0 aliphatic heterocycles. The molecule has 0 spiro atoms. The summed E-state index contributed by atoms with van der Waals surface area (Å²) >= 11 is 5.92. The molecule has 3 N–H and O–H groups in total. The molecule has 0 atom stereocenters. The molecule has 2 aromatic rings. The zero-order valence-electron chi connectivity index (χ0n) is 10.7. The fourth-order valence-corrected chi connectivity index (χ4v) is 1.70. The Kier molecular flexibility index (Phi) is 4.79. The molecule has 0 saturated carbocycles. The summed E-state index contributed by atoms with van der Waals surface area (Å²) in [6.45, 7) is 0.257. The highest BCUT2D eigenvalue weighted by molar-refractivity contribution is 6.33. The molecule has 2 rings (SSSR count). The van der Waals surface area contributed by atoms with Gasteiger partial charge in [-0.15, -0.1) is 0 Å². The van der Waals surface area contributed by atoms with Crippen molar-refractivity contribution in [3.8, 4) is 5.75 Å². The van der Waals surface area contributed by atoms with Crippen LogP contribution in [0.5, 0.6) is 5.75 Å². The summed E-state index contributed by atoms with van der Waals surface area (Å²) in [7, 11) is 0. The number of nitrogen functional groups attached to an aromatic ring is 1. The Morgan fingerprint density at radius 3 is 3.00 bits per heavy atom. The summed E-state index contributed by atoms with van der Waals surface area (Å²) in [5.41, 5.74) is 6.74. The van der Waals surface area contributed by atoms with Crippen molar-refractivity contribution in [2.24, 2.45) is 0 Å². The Morgan fingerprint density at radius 1 is 1.40 bits per heavy atom. The number of amides is 1. The zero-order valence-corrected chi connectivity index (χ0v) is 11.4. The van der Waals surface area contributed by atoms with Crippen molar-refractivity contribution in [2.75, 3.05) is 17.7 Å². The summed E-state index contributed by atoms with van der Waals surface area (Å²) in [5.74, 6) is 0.445. The molecule has 0 aliphatic rings. The minimum atomic E-state index is -0.191. The van der Waals surface area contributed by atoms with Gasteiger partial charge in [0.05, 0.1) is 29.9 Å². The number of benzene rings is 1. The molecule has 0 unspecified atom stereocenters. The summed E-state index contributed by atoms with van der Waals surface area (Å²) in [5, 5.41) is 3.12. The van der Waals surface area contributed by atoms with E-state index in [0.29, 0.717) is 22.1 Å². The van der Waals surface area contributed by atoms with Crippen LogP contribution in [0.1, 0.15) is 6.42 Å². The standard InChI is InChI=1S/C14H14ClN3O2/c15-12-4-6-17-9-13(12)18-14(19)5-7-20-11-3-1-2-10(16)8-11/h1-4,6,8-9H,5,7,16H2,(H,18,19). The number of aromatic nitrogens is 1. The Morgan fingerprint density at radius 2 is 2.25 bits per heavy atom. The first-order valence-corrected chi connectivity index (χ1v) is 6.40. The van der Waals surface area contributed by atoms with Gasteiger partial charge in [-0.3, -0.25) is 9.78 Å². The van der Waals surface area contributed by atoms with E-state index in [1.54, 1.807) is 36.5 Å². The predicted molar refractivity (Wildman–Crippen MR) is 78.8 cm³/mol. The molecule has 6 heteroatoms. The number of nitrogens with zero attached hydrogens (tertiary/aromatic N) is 1. The van der Waals surface area contributed by atoms with Crippen molar-refractivity contribution in [1.29, 1.82) is 0 Å². The Labute approximate surface area is 121 Å². The molecule has 0 radical (unpaired) electrons. The lowest BCUT2D eigenvalue weighted by atomic mass is 10.3. The number of carbonyl (C=O) groups is 1. The van der Waals surface area contributed by atoms with Gasteiger partial charge in [0.2, 0.25) is 5.91 Å². The molecule has 0 fully saturated rings. The molecule has 0 bridgehead atoms. The average Bonchev–Trinajstić information content (AvgIpc) is 2.41. The van der Waals surface area contributed by atoms with Crippen molar-refractivity contribution < 1.29 is 9.53 Å². The van der Waals surface area contributed by atoms with Crippen LogP contribution in [0.2, 0.25) is 5.02 Å². The number of ether oxygens (including phenoxy) is 1. The van der Waals surface area contributed by atoms with Crippen LogP contribution in [0.15, 0.2) is 42.7 Å². The highest BCUT2D eigenvalue weighted by Gasteiger charge is 2.06. The summed E-state index contributed by atoms with van der Waals surface area (Å²) < 4.78 is 5.44. The lowest BCUT2D eigenvalue weighted by molar-refractivity contribution is -0.116. The smallest absolute Gasteiger partial charge is 0.227 e. The van der Waals surface area contributed by atoms with Gasteiger partial charge in [-0.1, -0.05) is 17.7 Å². The van der Waals surface area contributed by atoms with Gasteiger partial charge < -0.3 is 15.8 Å². The van der Waals surface area contributed by atoms with Crippen LogP contribution in [0, 0.1) is 0 Å². The van der Waals surface area contributed by atoms with Gasteiger partial charge in [0.15, 0.2) is 0 Å². The van der Waals surface area contributed by atoms with E-state index in [1.807, 2.05) is 0 Å². The number of hydrogen-bond acceptors (Lipinski definition) is 4. The largest absolute Gasteiger partial charge is 0.493 e. The molecule has 5 nitrogen and oxygen atoms in total. The van der Waals surface area contributed by atoms with Crippen molar-refractivity contribution in [1.82, 2.24) is 4.98 Å². The first-order chi connectivity index (χ1) is 9.65. The van der Waals surface area contributed by atoms with Gasteiger partial charge in [0, 0.05) is 18.0 Å². The van der Waals surface area contributed by atoms with Gasteiger partial charge in [0.25, 0.3) is 0 Å². The fraction of sp³-hybridized carbons (Fsp3) is 0.143. The van der Waals surface area contributed by atoms with Crippen LogP contribution < -0.4 is 15.8 Å². The molecule has 1 amide bonds. The van der Waals surface area contributed by atoms with E-state index in [1.165, 1.54) is 6.20 Å². The Balaban J connectivity index is 1.80. The number of pyridine rings is 1. The van der Waals surface area contributed by atoms with Gasteiger partial charge >= 0.3 is 0 Å². The molecule has 1 aromatic heterocycles. The summed E-state index contributed by atoms with van der Waals surface area (Å²) in [6, 6.07) is 8.66. The number of carbonyl (C=O) groups excluding carboxylic acids is 1. The van der Waals surface area contributed by atoms with E-state index >= 15 is 0 Å². The fourth-order valence-electron chi connectivity index (χ4n) is 1.55. The lowest BCUT2D eigenvalue weighted by Gasteiger charge is -2.08. The number of rotatable bonds is 5. The predicted octanol–water partition coefficient (Wildman–Crippen LogP) is 2.72. The first kappa shape index (κ1) is 14.1. The number of nitrogens with two attached hydrogens (primary N) is 1. The third kappa shape index (κ3) is 4.13. The highest BCUT2D eigenvalue weighted by Crippen LogP contribution is 2.19. The Hall–Kier alpha value is -2.27. The van der Waals surface area contributed by atoms with Crippen LogP contribution in [0.3, 0.4) is 0 Å². The second kappa shape index (κ2) is 6.77. The lowest BCUT2D eigenvalue weighted by Crippen LogP contribution is -2.15. The quantitative estimate of drug-likeness (QED) is 0.830. The van der Waals surface area contributed by atoms with Crippen LogP contribution >= 0.6 is 11.6 Å². The van der Waals surface area contributed by atoms with Crippen LogP contribution in [-0.4, -0.2) is 17.5 Å². The maximum absolute atomic E-state index is 11.7. The molecular weight excluding hydrogens is 278 g/mol. The van der Waals surface area contributed by atoms with Gasteiger partial charge in [-0.05, 0) is 18.2 Å². The topological polar surface area (TPSA) is 77.2 Å². The maximum atomic E-state index is 11.7. The minimum Gasteiger partial charge on any atom is -0.493 e. The van der Waals surface area contributed by atoms with Crippen LogP contribution in [-0.2, 0) is 4.79 Å².